The molecule has 1 atom stereocenters. The van der Waals surface area contributed by atoms with Crippen LogP contribution in [0.15, 0.2) is 75.8 Å². The largest absolute Gasteiger partial charge is 0.459 e. The average Bonchev–Trinajstić information content (AvgIpc) is 3.18. The Morgan fingerprint density at radius 2 is 1.73 bits per heavy atom. The third-order valence-corrected chi connectivity index (χ3v) is 4.48. The maximum absolute atomic E-state index is 13.0. The molecule has 2 aromatic carbocycles. The topological polar surface area (TPSA) is 71.3 Å². The fraction of sp³-hybridized carbons (Fsp3) is 0.100. The van der Waals surface area contributed by atoms with Crippen molar-refractivity contribution in [2.75, 3.05) is 5.32 Å². The van der Waals surface area contributed by atoms with E-state index in [-0.39, 0.29) is 11.5 Å². The van der Waals surface area contributed by atoms with Crippen molar-refractivity contribution in [3.63, 3.8) is 0 Å². The number of hydrogen-bond donors (Lipinski definition) is 2. The molecular weight excluding hydrogens is 396 g/mol. The van der Waals surface area contributed by atoms with E-state index >= 15 is 0 Å². The molecule has 1 amide bonds. The van der Waals surface area contributed by atoms with Crippen molar-refractivity contribution in [3.05, 3.63) is 88.3 Å². The highest BCUT2D eigenvalue weighted by Gasteiger charge is 2.24. The molecule has 3 aromatic rings. The van der Waals surface area contributed by atoms with Gasteiger partial charge in [-0.1, -0.05) is 42.0 Å². The van der Waals surface area contributed by atoms with Gasteiger partial charge in [0.1, 0.15) is 0 Å². The minimum atomic E-state index is -0.950. The molecule has 5 nitrogen and oxygen atoms in total. The Morgan fingerprint density at radius 3 is 2.38 bits per heavy atom. The number of nitrogens with one attached hydrogen (secondary N) is 2. The van der Waals surface area contributed by atoms with E-state index in [1.807, 2.05) is 43.3 Å². The predicted molar refractivity (Wildman–Crippen MR) is 103 cm³/mol. The van der Waals surface area contributed by atoms with Gasteiger partial charge in [0.05, 0.1) is 12.0 Å². The number of ketones is 1. The van der Waals surface area contributed by atoms with E-state index in [9.17, 15) is 9.59 Å². The summed E-state index contributed by atoms with van der Waals surface area (Å²) in [5, 5.41) is 5.78. The van der Waals surface area contributed by atoms with Crippen LogP contribution in [0, 0.1) is 6.92 Å². The summed E-state index contributed by atoms with van der Waals surface area (Å²) >= 11 is 3.44. The molecule has 0 bridgehead atoms. The Balaban J connectivity index is 1.87. The van der Waals surface area contributed by atoms with Crippen molar-refractivity contribution in [3.8, 4) is 0 Å². The average molecular weight is 413 g/mol. The highest BCUT2D eigenvalue weighted by molar-refractivity contribution is 9.10. The monoisotopic (exact) mass is 412 g/mol. The Morgan fingerprint density at radius 1 is 1.00 bits per heavy atom. The van der Waals surface area contributed by atoms with Crippen LogP contribution < -0.4 is 10.6 Å². The number of hydrogen-bond acceptors (Lipinski definition) is 4. The Labute approximate surface area is 159 Å². The first-order valence-corrected chi connectivity index (χ1v) is 8.80. The fourth-order valence-corrected chi connectivity index (χ4v) is 2.79. The van der Waals surface area contributed by atoms with Crippen LogP contribution >= 0.6 is 15.9 Å². The molecule has 0 aliphatic heterocycles. The summed E-state index contributed by atoms with van der Waals surface area (Å²) in [6, 6.07) is 17.7. The molecule has 1 aromatic heterocycles. The Bertz CT molecular complexity index is 905. The van der Waals surface area contributed by atoms with Crippen molar-refractivity contribution in [2.24, 2.45) is 0 Å². The number of halogens is 1. The van der Waals surface area contributed by atoms with Crippen LogP contribution in [0.4, 0.5) is 5.69 Å². The molecule has 3 rings (SSSR count). The van der Waals surface area contributed by atoms with Crippen LogP contribution in [-0.4, -0.2) is 17.9 Å². The van der Waals surface area contributed by atoms with Crippen molar-refractivity contribution < 1.29 is 14.0 Å². The molecule has 6 heteroatoms. The van der Waals surface area contributed by atoms with Crippen LogP contribution in [0.1, 0.15) is 26.5 Å². The fourth-order valence-electron chi connectivity index (χ4n) is 2.40. The second-order valence-corrected chi connectivity index (χ2v) is 6.59. The van der Waals surface area contributed by atoms with Gasteiger partial charge in [-0.3, -0.25) is 9.59 Å². The van der Waals surface area contributed by atoms with E-state index in [2.05, 4.69) is 26.6 Å². The van der Waals surface area contributed by atoms with Gasteiger partial charge in [0, 0.05) is 10.0 Å². The number of rotatable bonds is 6. The molecule has 0 saturated heterocycles. The lowest BCUT2D eigenvalue weighted by Gasteiger charge is -2.20. The van der Waals surface area contributed by atoms with Crippen LogP contribution in [-0.2, 0) is 0 Å². The van der Waals surface area contributed by atoms with Crippen molar-refractivity contribution in [2.45, 2.75) is 13.1 Å². The molecule has 0 fully saturated rings. The summed E-state index contributed by atoms with van der Waals surface area (Å²) < 4.78 is 5.90. The molecule has 0 saturated carbocycles. The summed E-state index contributed by atoms with van der Waals surface area (Å²) in [6.07, 6.45) is 0.460. The van der Waals surface area contributed by atoms with Crippen molar-refractivity contribution in [1.29, 1.82) is 0 Å². The van der Waals surface area contributed by atoms with Gasteiger partial charge in [0.2, 0.25) is 5.78 Å². The number of furan rings is 1. The molecule has 0 unspecified atom stereocenters. The first kappa shape index (κ1) is 17.9. The molecule has 0 spiro atoms. The van der Waals surface area contributed by atoms with E-state index in [0.717, 1.165) is 10.0 Å². The van der Waals surface area contributed by atoms with Gasteiger partial charge in [-0.2, -0.15) is 0 Å². The Hall–Kier alpha value is -2.86. The first-order valence-electron chi connectivity index (χ1n) is 8.01. The number of amides is 1. The SMILES string of the molecule is Cc1ccc(C(=O)[C@@H](NC(=O)c2ccco2)Nc2ccccc2Br)cc1. The minimum Gasteiger partial charge on any atom is -0.459 e. The number of anilines is 1. The lowest BCUT2D eigenvalue weighted by Crippen LogP contribution is -2.46. The van der Waals surface area contributed by atoms with Crippen LogP contribution in [0.2, 0.25) is 0 Å². The smallest absolute Gasteiger partial charge is 0.288 e. The van der Waals surface area contributed by atoms with Gasteiger partial charge >= 0.3 is 0 Å². The predicted octanol–water partition coefficient (Wildman–Crippen LogP) is 4.40. The molecule has 132 valence electrons. The van der Waals surface area contributed by atoms with Crippen molar-refractivity contribution >= 4 is 33.3 Å². The number of benzene rings is 2. The van der Waals surface area contributed by atoms with Gasteiger partial charge in [-0.05, 0) is 47.1 Å². The molecule has 0 aliphatic carbocycles. The van der Waals surface area contributed by atoms with Gasteiger partial charge in [-0.25, -0.2) is 0 Å². The number of Topliss-reactive ketones (excluding diaryl/α,β-unsaturated/α-hetero) is 1. The number of carbonyl (C=O) groups is 2. The molecule has 0 aliphatic rings. The van der Waals surface area contributed by atoms with E-state index in [1.54, 1.807) is 24.3 Å². The summed E-state index contributed by atoms with van der Waals surface area (Å²) in [4.78, 5) is 25.3. The minimum absolute atomic E-state index is 0.139. The number of carbonyl (C=O) groups excluding carboxylic acids is 2. The zero-order valence-corrected chi connectivity index (χ0v) is 15.6. The third kappa shape index (κ3) is 4.21. The molecule has 0 radical (unpaired) electrons. The second-order valence-electron chi connectivity index (χ2n) is 5.74. The van der Waals surface area contributed by atoms with Crippen LogP contribution in [0.25, 0.3) is 0 Å². The van der Waals surface area contributed by atoms with Crippen LogP contribution in [0.3, 0.4) is 0 Å². The van der Waals surface area contributed by atoms with Gasteiger partial charge in [-0.15, -0.1) is 0 Å². The normalized spacial score (nSPS) is 11.6. The molecule has 2 N–H and O–H groups in total. The summed E-state index contributed by atoms with van der Waals surface area (Å²) in [7, 11) is 0. The zero-order valence-electron chi connectivity index (χ0n) is 14.0. The van der Waals surface area contributed by atoms with Crippen molar-refractivity contribution in [1.82, 2.24) is 5.32 Å². The zero-order chi connectivity index (χ0) is 18.5. The van der Waals surface area contributed by atoms with E-state index in [0.29, 0.717) is 11.3 Å². The quantitative estimate of drug-likeness (QED) is 0.464. The van der Waals surface area contributed by atoms with Gasteiger partial charge < -0.3 is 15.1 Å². The summed E-state index contributed by atoms with van der Waals surface area (Å²) in [5.74, 6) is -0.582. The maximum atomic E-state index is 13.0. The maximum Gasteiger partial charge on any atom is 0.288 e. The lowest BCUT2D eigenvalue weighted by atomic mass is 10.1. The van der Waals surface area contributed by atoms with Gasteiger partial charge in [0.15, 0.2) is 11.9 Å². The highest BCUT2D eigenvalue weighted by atomic mass is 79.9. The van der Waals surface area contributed by atoms with E-state index in [4.69, 9.17) is 4.42 Å². The first-order chi connectivity index (χ1) is 12.5. The lowest BCUT2D eigenvalue weighted by molar-refractivity contribution is 0.0852. The molecule has 1 heterocycles. The summed E-state index contributed by atoms with van der Waals surface area (Å²) in [5.41, 5.74) is 2.24. The third-order valence-electron chi connectivity index (χ3n) is 3.79. The highest BCUT2D eigenvalue weighted by Crippen LogP contribution is 2.22. The number of para-hydroxylation sites is 1. The summed E-state index contributed by atoms with van der Waals surface area (Å²) in [6.45, 7) is 1.95. The van der Waals surface area contributed by atoms with Gasteiger partial charge in [0.25, 0.3) is 5.91 Å². The van der Waals surface area contributed by atoms with E-state index < -0.39 is 12.1 Å². The standard InChI is InChI=1S/C20H17BrN2O3/c1-13-8-10-14(11-9-13)18(24)19(22-16-6-3-2-5-15(16)21)23-20(25)17-7-4-12-26-17/h2-12,19,22H,1H3,(H,23,25)/t19-/m1/s1. The Kier molecular flexibility index (Phi) is 5.53. The molecule has 26 heavy (non-hydrogen) atoms. The van der Waals surface area contributed by atoms with E-state index in [1.165, 1.54) is 6.26 Å². The molecular formula is C20H17BrN2O3. The number of aryl methyl sites for hydroxylation is 1. The van der Waals surface area contributed by atoms with Crippen LogP contribution in [0.5, 0.6) is 0 Å². The second kappa shape index (κ2) is 8.01.